The monoisotopic (exact) mass is 317 g/mol. The van der Waals surface area contributed by atoms with E-state index < -0.39 is 12.1 Å². The van der Waals surface area contributed by atoms with Crippen LogP contribution >= 0.6 is 11.3 Å². The van der Waals surface area contributed by atoms with E-state index in [4.69, 9.17) is 9.84 Å². The number of carboxylic acid groups (broad SMARTS) is 1. The summed E-state index contributed by atoms with van der Waals surface area (Å²) in [6.45, 7) is 0.740. The first-order valence-electron chi connectivity index (χ1n) is 6.93. The lowest BCUT2D eigenvalue weighted by molar-refractivity contribution is -0.154. The Kier molecular flexibility index (Phi) is 4.22. The quantitative estimate of drug-likeness (QED) is 0.943. The van der Waals surface area contributed by atoms with Gasteiger partial charge in [0.05, 0.1) is 18.0 Å². The molecule has 1 fully saturated rings. The zero-order valence-corrected chi connectivity index (χ0v) is 12.6. The molecule has 22 heavy (non-hydrogen) atoms. The van der Waals surface area contributed by atoms with Crippen LogP contribution in [0.5, 0.6) is 0 Å². The predicted molar refractivity (Wildman–Crippen MR) is 83.0 cm³/mol. The smallest absolute Gasteiger partial charge is 0.334 e. The third-order valence-electron chi connectivity index (χ3n) is 3.57. The lowest BCUT2D eigenvalue weighted by Crippen LogP contribution is -2.48. The molecule has 0 saturated carbocycles. The van der Waals surface area contributed by atoms with Gasteiger partial charge >= 0.3 is 5.97 Å². The molecule has 114 valence electrons. The first-order valence-corrected chi connectivity index (χ1v) is 7.81. The Labute approximate surface area is 131 Å². The number of carbonyl (C=O) groups excluding carboxylic acids is 1. The van der Waals surface area contributed by atoms with Crippen LogP contribution in [0.3, 0.4) is 0 Å². The minimum atomic E-state index is -1.04. The molecule has 0 radical (unpaired) electrons. The Morgan fingerprint density at radius 1 is 1.23 bits per heavy atom. The average molecular weight is 317 g/mol. The number of benzene rings is 1. The minimum absolute atomic E-state index is 0.0836. The second-order valence-electron chi connectivity index (χ2n) is 4.98. The highest BCUT2D eigenvalue weighted by Crippen LogP contribution is 2.29. The van der Waals surface area contributed by atoms with E-state index >= 15 is 0 Å². The van der Waals surface area contributed by atoms with Crippen LogP contribution in [-0.2, 0) is 9.53 Å². The molecule has 1 aromatic heterocycles. The van der Waals surface area contributed by atoms with Crippen LogP contribution in [0.1, 0.15) is 9.67 Å². The Morgan fingerprint density at radius 2 is 2.00 bits per heavy atom. The first-order chi connectivity index (χ1) is 10.7. The molecule has 5 nitrogen and oxygen atoms in total. The number of ether oxygens (including phenoxy) is 1. The van der Waals surface area contributed by atoms with Gasteiger partial charge in [-0.2, -0.15) is 0 Å². The van der Waals surface area contributed by atoms with Crippen LogP contribution in [0.25, 0.3) is 11.1 Å². The highest BCUT2D eigenvalue weighted by molar-refractivity contribution is 7.12. The second-order valence-corrected chi connectivity index (χ2v) is 5.89. The predicted octanol–water partition coefficient (Wildman–Crippen LogP) is 2.34. The number of carboxylic acids is 1. The highest BCUT2D eigenvalue weighted by Gasteiger charge is 2.30. The van der Waals surface area contributed by atoms with Gasteiger partial charge in [-0.05, 0) is 17.0 Å². The van der Waals surface area contributed by atoms with Crippen molar-refractivity contribution in [3.63, 3.8) is 0 Å². The van der Waals surface area contributed by atoms with Crippen LogP contribution in [-0.4, -0.2) is 47.7 Å². The summed E-state index contributed by atoms with van der Waals surface area (Å²) in [6, 6.07) is 11.6. The van der Waals surface area contributed by atoms with Crippen LogP contribution in [0.15, 0.2) is 41.8 Å². The molecule has 6 heteroatoms. The number of rotatable bonds is 3. The van der Waals surface area contributed by atoms with Crippen molar-refractivity contribution in [2.24, 2.45) is 0 Å². The second kappa shape index (κ2) is 6.29. The van der Waals surface area contributed by atoms with Crippen LogP contribution < -0.4 is 0 Å². The largest absolute Gasteiger partial charge is 0.479 e. The van der Waals surface area contributed by atoms with Gasteiger partial charge in [0.1, 0.15) is 0 Å². The van der Waals surface area contributed by atoms with Crippen LogP contribution in [0.4, 0.5) is 0 Å². The van der Waals surface area contributed by atoms with E-state index in [1.807, 2.05) is 41.8 Å². The third kappa shape index (κ3) is 2.88. The number of thiophene rings is 1. The van der Waals surface area contributed by atoms with Gasteiger partial charge in [0, 0.05) is 12.1 Å². The van der Waals surface area contributed by atoms with E-state index in [1.165, 1.54) is 11.3 Å². The number of nitrogens with zero attached hydrogens (tertiary/aromatic N) is 1. The number of morpholine rings is 1. The summed E-state index contributed by atoms with van der Waals surface area (Å²) in [5, 5.41) is 10.9. The van der Waals surface area contributed by atoms with Gasteiger partial charge in [-0.1, -0.05) is 30.3 Å². The van der Waals surface area contributed by atoms with E-state index in [0.29, 0.717) is 11.4 Å². The molecule has 0 unspecified atom stereocenters. The van der Waals surface area contributed by atoms with Crippen molar-refractivity contribution in [1.29, 1.82) is 0 Å². The molecule has 1 aliphatic rings. The summed E-state index contributed by atoms with van der Waals surface area (Å²) in [6.07, 6.45) is -0.946. The summed E-state index contributed by atoms with van der Waals surface area (Å²) in [7, 11) is 0. The number of hydrogen-bond donors (Lipinski definition) is 1. The summed E-state index contributed by atoms with van der Waals surface area (Å²) in [4.78, 5) is 25.9. The number of hydrogen-bond acceptors (Lipinski definition) is 4. The highest BCUT2D eigenvalue weighted by atomic mass is 32.1. The zero-order valence-electron chi connectivity index (χ0n) is 11.8. The van der Waals surface area contributed by atoms with Crippen molar-refractivity contribution in [3.05, 3.63) is 46.7 Å². The lowest BCUT2D eigenvalue weighted by atomic mass is 10.1. The standard InChI is InChI=1S/C16H15NO4S/c18-15(17-7-8-21-13(10-17)16(19)20)14-12(6-9-22-14)11-4-2-1-3-5-11/h1-6,9,13H,7-8,10H2,(H,19,20)/t13-/m1/s1. The molecular formula is C16H15NO4S. The molecule has 1 amide bonds. The van der Waals surface area contributed by atoms with E-state index in [0.717, 1.165) is 11.1 Å². The van der Waals surface area contributed by atoms with Crippen molar-refractivity contribution in [2.45, 2.75) is 6.10 Å². The summed E-state index contributed by atoms with van der Waals surface area (Å²) in [5.41, 5.74) is 1.86. The number of aliphatic carboxylic acids is 1. The van der Waals surface area contributed by atoms with E-state index in [-0.39, 0.29) is 19.1 Å². The summed E-state index contributed by atoms with van der Waals surface area (Å²) >= 11 is 1.38. The molecule has 1 aromatic carbocycles. The Hall–Kier alpha value is -2.18. The molecule has 0 aliphatic carbocycles. The summed E-state index contributed by atoms with van der Waals surface area (Å²) < 4.78 is 5.16. The molecule has 0 bridgehead atoms. The minimum Gasteiger partial charge on any atom is -0.479 e. The topological polar surface area (TPSA) is 66.8 Å². The SMILES string of the molecule is O=C(O)[C@H]1CN(C(=O)c2sccc2-c2ccccc2)CCO1. The zero-order chi connectivity index (χ0) is 15.5. The van der Waals surface area contributed by atoms with Crippen LogP contribution in [0.2, 0.25) is 0 Å². The molecule has 1 N–H and O–H groups in total. The van der Waals surface area contributed by atoms with Gasteiger partial charge in [-0.3, -0.25) is 4.79 Å². The van der Waals surface area contributed by atoms with Crippen LogP contribution in [0, 0.1) is 0 Å². The fourth-order valence-electron chi connectivity index (χ4n) is 2.45. The molecule has 0 spiro atoms. The maximum atomic E-state index is 12.7. The maximum Gasteiger partial charge on any atom is 0.334 e. The van der Waals surface area contributed by atoms with Gasteiger partial charge in [0.25, 0.3) is 5.91 Å². The van der Waals surface area contributed by atoms with Crippen molar-refractivity contribution in [1.82, 2.24) is 4.90 Å². The normalized spacial score (nSPS) is 18.2. The Balaban J connectivity index is 1.84. The number of amides is 1. The van der Waals surface area contributed by atoms with Gasteiger partial charge in [0.2, 0.25) is 0 Å². The average Bonchev–Trinajstić information content (AvgIpc) is 3.04. The van der Waals surface area contributed by atoms with Gasteiger partial charge in [-0.25, -0.2) is 4.79 Å². The molecule has 3 rings (SSSR count). The first kappa shape index (κ1) is 14.7. The fourth-order valence-corrected chi connectivity index (χ4v) is 3.33. The summed E-state index contributed by atoms with van der Waals surface area (Å²) in [5.74, 6) is -1.17. The van der Waals surface area contributed by atoms with Crippen molar-refractivity contribution in [3.8, 4) is 11.1 Å². The van der Waals surface area contributed by atoms with Crippen molar-refractivity contribution >= 4 is 23.2 Å². The van der Waals surface area contributed by atoms with Crippen molar-refractivity contribution in [2.75, 3.05) is 19.7 Å². The molecule has 1 atom stereocenters. The van der Waals surface area contributed by atoms with E-state index in [1.54, 1.807) is 4.90 Å². The Bertz CT molecular complexity index is 682. The number of carbonyl (C=O) groups is 2. The van der Waals surface area contributed by atoms with Gasteiger partial charge < -0.3 is 14.7 Å². The van der Waals surface area contributed by atoms with Gasteiger partial charge in [0.15, 0.2) is 6.10 Å². The van der Waals surface area contributed by atoms with Crippen molar-refractivity contribution < 1.29 is 19.4 Å². The molecule has 1 aliphatic heterocycles. The Morgan fingerprint density at radius 3 is 2.73 bits per heavy atom. The lowest BCUT2D eigenvalue weighted by Gasteiger charge is -2.30. The van der Waals surface area contributed by atoms with E-state index in [9.17, 15) is 9.59 Å². The molecule has 1 saturated heterocycles. The maximum absolute atomic E-state index is 12.7. The fraction of sp³-hybridized carbons (Fsp3) is 0.250. The van der Waals surface area contributed by atoms with E-state index in [2.05, 4.69) is 0 Å². The molecular weight excluding hydrogens is 302 g/mol. The third-order valence-corrected chi connectivity index (χ3v) is 4.48. The van der Waals surface area contributed by atoms with Gasteiger partial charge in [-0.15, -0.1) is 11.3 Å². The molecule has 2 heterocycles. The molecule has 2 aromatic rings.